The van der Waals surface area contributed by atoms with Crippen LogP contribution in [0.4, 0.5) is 11.4 Å². The van der Waals surface area contributed by atoms with Gasteiger partial charge in [0.2, 0.25) is 0 Å². The Bertz CT molecular complexity index is 925. The number of piperidine rings is 1. The van der Waals surface area contributed by atoms with Crippen molar-refractivity contribution in [3.8, 4) is 11.8 Å². The summed E-state index contributed by atoms with van der Waals surface area (Å²) < 4.78 is 9.39. The largest absolute Gasteiger partial charge is 0.490 e. The number of nitriles is 1. The van der Waals surface area contributed by atoms with Crippen molar-refractivity contribution in [3.63, 3.8) is 0 Å². The molecule has 1 saturated heterocycles. The Balaban J connectivity index is 1.77. The van der Waals surface area contributed by atoms with Crippen LogP contribution >= 0.6 is 11.9 Å². The number of fused-ring (bicyclic) bond motifs is 4. The third-order valence-electron chi connectivity index (χ3n) is 4.96. The number of nitrogens with zero attached hydrogens (tertiary/aromatic N) is 2. The first-order valence-electron chi connectivity index (χ1n) is 8.89. The second-order valence-corrected chi connectivity index (χ2v) is 7.52. The van der Waals surface area contributed by atoms with E-state index < -0.39 is 5.97 Å². The van der Waals surface area contributed by atoms with Crippen LogP contribution in [0.1, 0.15) is 35.2 Å². The number of carboxylic acid groups (broad SMARTS) is 1. The van der Waals surface area contributed by atoms with Gasteiger partial charge < -0.3 is 19.5 Å². The van der Waals surface area contributed by atoms with Crippen molar-refractivity contribution in [3.05, 3.63) is 47.5 Å². The minimum Gasteiger partial charge on any atom is -0.490 e. The maximum atomic E-state index is 11.3. The van der Waals surface area contributed by atoms with Crippen LogP contribution in [0.5, 0.6) is 5.75 Å². The van der Waals surface area contributed by atoms with Gasteiger partial charge in [0.05, 0.1) is 39.5 Å². The van der Waals surface area contributed by atoms with Gasteiger partial charge in [0.1, 0.15) is 12.4 Å². The van der Waals surface area contributed by atoms with Crippen molar-refractivity contribution in [1.29, 1.82) is 5.26 Å². The van der Waals surface area contributed by atoms with Gasteiger partial charge in [0.25, 0.3) is 0 Å². The van der Waals surface area contributed by atoms with E-state index in [1.54, 1.807) is 18.2 Å². The van der Waals surface area contributed by atoms with Crippen molar-refractivity contribution in [2.24, 2.45) is 0 Å². The lowest BCUT2D eigenvalue weighted by Crippen LogP contribution is -2.43. The molecule has 4 rings (SSSR count). The first kappa shape index (κ1) is 17.6. The van der Waals surface area contributed by atoms with E-state index in [0.717, 1.165) is 37.2 Å². The summed E-state index contributed by atoms with van der Waals surface area (Å²) in [5, 5.41) is 18.5. The molecule has 1 unspecified atom stereocenters. The van der Waals surface area contributed by atoms with E-state index in [4.69, 9.17) is 4.74 Å². The van der Waals surface area contributed by atoms with Crippen LogP contribution in [0.15, 0.2) is 41.3 Å². The summed E-state index contributed by atoms with van der Waals surface area (Å²) in [4.78, 5) is 14.4. The highest BCUT2D eigenvalue weighted by Gasteiger charge is 2.27. The highest BCUT2D eigenvalue weighted by atomic mass is 32.2. The number of anilines is 2. The quantitative estimate of drug-likeness (QED) is 0.719. The fourth-order valence-corrected chi connectivity index (χ4v) is 4.36. The lowest BCUT2D eigenvalue weighted by Gasteiger charge is -2.39. The number of carboxylic acids is 1. The number of aromatic carboxylic acids is 1. The van der Waals surface area contributed by atoms with Crippen LogP contribution in [0, 0.1) is 11.3 Å². The van der Waals surface area contributed by atoms with Crippen molar-refractivity contribution in [1.82, 2.24) is 0 Å². The molecule has 2 aromatic carbocycles. The Morgan fingerprint density at radius 2 is 2.19 bits per heavy atom. The van der Waals surface area contributed by atoms with Crippen LogP contribution in [0.25, 0.3) is 0 Å². The number of nitrogens with one attached hydrogen (secondary N) is 1. The molecular formula is C20H19N3O3S. The summed E-state index contributed by atoms with van der Waals surface area (Å²) in [6.07, 6.45) is 3.32. The lowest BCUT2D eigenvalue weighted by molar-refractivity contribution is 0.0696. The van der Waals surface area contributed by atoms with Gasteiger partial charge in [-0.2, -0.15) is 5.26 Å². The van der Waals surface area contributed by atoms with Gasteiger partial charge in [-0.1, -0.05) is 0 Å². The topological polar surface area (TPSA) is 85.6 Å². The van der Waals surface area contributed by atoms with E-state index in [2.05, 4.69) is 15.7 Å². The second kappa shape index (κ2) is 7.41. The van der Waals surface area contributed by atoms with E-state index in [-0.39, 0.29) is 11.6 Å². The van der Waals surface area contributed by atoms with Crippen LogP contribution in [-0.4, -0.2) is 30.3 Å². The minimum atomic E-state index is -0.971. The summed E-state index contributed by atoms with van der Waals surface area (Å²) in [6, 6.07) is 13.0. The molecular weight excluding hydrogens is 362 g/mol. The molecule has 2 N–H and O–H groups in total. The molecule has 1 atom stereocenters. The number of hydrogen-bond acceptors (Lipinski definition) is 6. The van der Waals surface area contributed by atoms with E-state index in [1.165, 1.54) is 11.9 Å². The molecule has 0 aromatic heterocycles. The average molecular weight is 381 g/mol. The molecule has 1 fully saturated rings. The predicted molar refractivity (Wildman–Crippen MR) is 105 cm³/mol. The molecule has 138 valence electrons. The van der Waals surface area contributed by atoms with Crippen LogP contribution < -0.4 is 14.4 Å². The van der Waals surface area contributed by atoms with Gasteiger partial charge in [-0.25, -0.2) is 4.79 Å². The highest BCUT2D eigenvalue weighted by molar-refractivity contribution is 8.00. The maximum absolute atomic E-state index is 11.3. The van der Waals surface area contributed by atoms with E-state index in [0.29, 0.717) is 22.8 Å². The summed E-state index contributed by atoms with van der Waals surface area (Å²) in [7, 11) is 0. The molecule has 0 radical (unpaired) electrons. The monoisotopic (exact) mass is 381 g/mol. The molecule has 2 heterocycles. The first-order chi connectivity index (χ1) is 13.2. The molecule has 0 spiro atoms. The Hall–Kier alpha value is -2.85. The van der Waals surface area contributed by atoms with Gasteiger partial charge in [0.15, 0.2) is 0 Å². The van der Waals surface area contributed by atoms with Gasteiger partial charge in [0, 0.05) is 6.54 Å². The SMILES string of the molecule is N#Cc1ccc2c(c1)NSc1cc(C(=O)O)ccc1OCC1CCCCN21. The summed E-state index contributed by atoms with van der Waals surface area (Å²) in [5.41, 5.74) is 2.71. The zero-order valence-electron chi connectivity index (χ0n) is 14.6. The third-order valence-corrected chi connectivity index (χ3v) is 5.82. The smallest absolute Gasteiger partial charge is 0.335 e. The van der Waals surface area contributed by atoms with E-state index in [9.17, 15) is 15.2 Å². The number of rotatable bonds is 1. The number of benzene rings is 2. The maximum Gasteiger partial charge on any atom is 0.335 e. The normalized spacial score (nSPS) is 18.6. The molecule has 0 bridgehead atoms. The summed E-state index contributed by atoms with van der Waals surface area (Å²) >= 11 is 1.30. The molecule has 27 heavy (non-hydrogen) atoms. The Labute approximate surface area is 161 Å². The van der Waals surface area contributed by atoms with Gasteiger partial charge in [-0.05, 0) is 67.6 Å². The third kappa shape index (κ3) is 3.53. The second-order valence-electron chi connectivity index (χ2n) is 6.67. The van der Waals surface area contributed by atoms with Crippen LogP contribution in [0.2, 0.25) is 0 Å². The summed E-state index contributed by atoms with van der Waals surface area (Å²) in [6.45, 7) is 1.49. The number of ether oxygens (including phenoxy) is 1. The Morgan fingerprint density at radius 3 is 3.00 bits per heavy atom. The molecule has 7 heteroatoms. The lowest BCUT2D eigenvalue weighted by atomic mass is 10.0. The first-order valence-corrected chi connectivity index (χ1v) is 9.71. The molecule has 2 aliphatic heterocycles. The van der Waals surface area contributed by atoms with Gasteiger partial charge >= 0.3 is 5.97 Å². The van der Waals surface area contributed by atoms with Gasteiger partial charge in [-0.3, -0.25) is 0 Å². The predicted octanol–water partition coefficient (Wildman–Crippen LogP) is 4.13. The molecule has 2 aromatic rings. The minimum absolute atomic E-state index is 0.217. The molecule has 0 aliphatic carbocycles. The van der Waals surface area contributed by atoms with Crippen molar-refractivity contribution in [2.45, 2.75) is 30.2 Å². The summed E-state index contributed by atoms with van der Waals surface area (Å²) in [5.74, 6) is -0.302. The zero-order valence-corrected chi connectivity index (χ0v) is 15.5. The fraction of sp³-hybridized carbons (Fsp3) is 0.300. The van der Waals surface area contributed by atoms with Crippen LogP contribution in [0.3, 0.4) is 0 Å². The molecule has 0 amide bonds. The molecule has 2 aliphatic rings. The zero-order chi connectivity index (χ0) is 18.8. The van der Waals surface area contributed by atoms with Crippen LogP contribution in [-0.2, 0) is 0 Å². The van der Waals surface area contributed by atoms with Gasteiger partial charge in [-0.15, -0.1) is 0 Å². The standard InChI is InChI=1S/C20H19N3O3S/c21-11-13-4-6-17-16(9-13)22-27-19-10-14(20(24)25)5-7-18(19)26-12-15-3-1-2-8-23(15)17/h4-7,9-10,15,22H,1-3,8,12H2,(H,24,25). The number of carbonyl (C=O) groups is 1. The number of hydrogen-bond donors (Lipinski definition) is 2. The Kier molecular flexibility index (Phi) is 4.82. The fourth-order valence-electron chi connectivity index (χ4n) is 3.56. The highest BCUT2D eigenvalue weighted by Crippen LogP contribution is 2.39. The molecule has 0 saturated carbocycles. The van der Waals surface area contributed by atoms with Crippen molar-refractivity contribution >= 4 is 29.3 Å². The van der Waals surface area contributed by atoms with E-state index in [1.807, 2.05) is 18.2 Å². The van der Waals surface area contributed by atoms with Crippen molar-refractivity contribution < 1.29 is 14.6 Å². The molecule has 6 nitrogen and oxygen atoms in total. The van der Waals surface area contributed by atoms with E-state index >= 15 is 0 Å². The Morgan fingerprint density at radius 1 is 1.30 bits per heavy atom. The van der Waals surface area contributed by atoms with Crippen molar-refractivity contribution in [2.75, 3.05) is 22.8 Å². The average Bonchev–Trinajstić information content (AvgIpc) is 2.70.